The van der Waals surface area contributed by atoms with E-state index in [1.807, 2.05) is 0 Å². The average Bonchev–Trinajstić information content (AvgIpc) is 3.00. The first kappa shape index (κ1) is 24.9. The summed E-state index contributed by atoms with van der Waals surface area (Å²) in [6.07, 6.45) is 0.676. The molecule has 1 saturated heterocycles. The van der Waals surface area contributed by atoms with Crippen molar-refractivity contribution in [3.8, 4) is 0 Å². The average molecular weight is 480 g/mol. The first-order chi connectivity index (χ1) is 15.5. The number of ether oxygens (including phenoxy) is 1. The lowest BCUT2D eigenvalue weighted by atomic mass is 9.97. The number of carbonyl (C=O) groups is 2. The largest absolute Gasteiger partial charge is 0.462 e. The van der Waals surface area contributed by atoms with Crippen molar-refractivity contribution in [3.05, 3.63) is 46.5 Å². The Bertz CT molecular complexity index is 1180. The molecule has 0 bridgehead atoms. The van der Waals surface area contributed by atoms with Crippen LogP contribution in [0.1, 0.15) is 47.1 Å². The third-order valence-corrected chi connectivity index (χ3v) is 8.33. The van der Waals surface area contributed by atoms with Crippen molar-refractivity contribution >= 4 is 27.6 Å². The van der Waals surface area contributed by atoms with Gasteiger partial charge >= 0.3 is 5.97 Å². The smallest absolute Gasteiger partial charge is 0.341 e. The highest BCUT2D eigenvalue weighted by atomic mass is 32.2. The lowest BCUT2D eigenvalue weighted by Gasteiger charge is -2.31. The summed E-state index contributed by atoms with van der Waals surface area (Å²) < 4.78 is 48.4. The minimum Gasteiger partial charge on any atom is -0.462 e. The summed E-state index contributed by atoms with van der Waals surface area (Å²) in [5.74, 6) is -1.64. The number of aryl methyl sites for hydroxylation is 1. The molecule has 1 amide bonds. The predicted octanol–water partition coefficient (Wildman–Crippen LogP) is 3.31. The summed E-state index contributed by atoms with van der Waals surface area (Å²) in [6, 6.07) is 4.14. The van der Waals surface area contributed by atoms with Gasteiger partial charge in [-0.05, 0) is 64.3 Å². The lowest BCUT2D eigenvalue weighted by Crippen LogP contribution is -2.42. The molecule has 1 aliphatic heterocycles. The van der Waals surface area contributed by atoms with Crippen molar-refractivity contribution in [1.82, 2.24) is 8.87 Å². The number of amides is 1. The third kappa shape index (κ3) is 4.81. The molecule has 2 aromatic rings. The molecule has 0 saturated carbocycles. The maximum atomic E-state index is 13.5. The van der Waals surface area contributed by atoms with Crippen molar-refractivity contribution in [1.29, 1.82) is 0 Å². The van der Waals surface area contributed by atoms with Crippen LogP contribution >= 0.6 is 0 Å². The lowest BCUT2D eigenvalue weighted by molar-refractivity contribution is -0.120. The zero-order chi connectivity index (χ0) is 24.5. The molecule has 10 heteroatoms. The van der Waals surface area contributed by atoms with Gasteiger partial charge in [0.25, 0.3) is 0 Å². The quantitative estimate of drug-likeness (QED) is 0.641. The van der Waals surface area contributed by atoms with Gasteiger partial charge in [0.1, 0.15) is 16.3 Å². The SMILES string of the molecule is CCOC(=O)c1c(S(=O)(=O)N2CCC(C(=O)Nc3ccc(F)cc3C)CC2)c(C)n(C)c1C. The van der Waals surface area contributed by atoms with E-state index in [2.05, 4.69) is 5.32 Å². The fourth-order valence-electron chi connectivity index (χ4n) is 4.17. The van der Waals surface area contributed by atoms with Gasteiger partial charge in [0, 0.05) is 43.1 Å². The molecule has 33 heavy (non-hydrogen) atoms. The molecule has 2 heterocycles. The van der Waals surface area contributed by atoms with Crippen molar-refractivity contribution in [2.75, 3.05) is 25.0 Å². The van der Waals surface area contributed by atoms with Gasteiger partial charge in [-0.2, -0.15) is 4.31 Å². The molecule has 0 atom stereocenters. The molecule has 0 aliphatic carbocycles. The van der Waals surface area contributed by atoms with Gasteiger partial charge in [0.15, 0.2) is 0 Å². The minimum atomic E-state index is -3.97. The van der Waals surface area contributed by atoms with Crippen molar-refractivity contribution in [3.63, 3.8) is 0 Å². The molecule has 0 radical (unpaired) electrons. The second kappa shape index (κ2) is 9.64. The number of sulfonamides is 1. The van der Waals surface area contributed by atoms with Crippen LogP contribution < -0.4 is 5.32 Å². The normalized spacial score (nSPS) is 15.5. The Morgan fingerprint density at radius 1 is 1.15 bits per heavy atom. The second-order valence-corrected chi connectivity index (χ2v) is 10.2. The van der Waals surface area contributed by atoms with E-state index >= 15 is 0 Å². The maximum absolute atomic E-state index is 13.5. The molecule has 1 aliphatic rings. The van der Waals surface area contributed by atoms with Crippen LogP contribution in [0, 0.1) is 32.5 Å². The van der Waals surface area contributed by atoms with Crippen molar-refractivity contribution in [2.45, 2.75) is 45.4 Å². The molecular weight excluding hydrogens is 449 g/mol. The first-order valence-electron chi connectivity index (χ1n) is 10.9. The number of aromatic nitrogens is 1. The highest BCUT2D eigenvalue weighted by Crippen LogP contribution is 2.32. The number of hydrogen-bond donors (Lipinski definition) is 1. The van der Waals surface area contributed by atoms with Crippen LogP contribution in [0.2, 0.25) is 0 Å². The summed E-state index contributed by atoms with van der Waals surface area (Å²) in [5, 5.41) is 2.81. The fourth-order valence-corrected chi connectivity index (χ4v) is 6.11. The number of nitrogens with zero attached hydrogens (tertiary/aromatic N) is 2. The van der Waals surface area contributed by atoms with E-state index in [-0.39, 0.29) is 47.8 Å². The monoisotopic (exact) mass is 479 g/mol. The van der Waals surface area contributed by atoms with Gasteiger partial charge in [-0.25, -0.2) is 17.6 Å². The van der Waals surface area contributed by atoms with Crippen molar-refractivity contribution in [2.24, 2.45) is 13.0 Å². The highest BCUT2D eigenvalue weighted by molar-refractivity contribution is 7.89. The van der Waals surface area contributed by atoms with E-state index in [1.165, 1.54) is 22.5 Å². The van der Waals surface area contributed by atoms with Crippen LogP contribution in [0.4, 0.5) is 10.1 Å². The van der Waals surface area contributed by atoms with Gasteiger partial charge in [-0.15, -0.1) is 0 Å². The summed E-state index contributed by atoms with van der Waals surface area (Å²) in [4.78, 5) is 25.2. The van der Waals surface area contributed by atoms with Crippen LogP contribution in [0.5, 0.6) is 0 Å². The second-order valence-electron chi connectivity index (χ2n) is 8.28. The number of benzene rings is 1. The molecule has 1 N–H and O–H groups in total. The number of rotatable bonds is 6. The minimum absolute atomic E-state index is 0.0363. The zero-order valence-corrected chi connectivity index (χ0v) is 20.4. The Labute approximate surface area is 193 Å². The zero-order valence-electron chi connectivity index (χ0n) is 19.6. The summed E-state index contributed by atoms with van der Waals surface area (Å²) in [7, 11) is -2.26. The molecular formula is C23H30FN3O5S. The number of nitrogens with one attached hydrogen (secondary N) is 1. The molecule has 180 valence electrons. The van der Waals surface area contributed by atoms with Crippen LogP contribution in [0.15, 0.2) is 23.1 Å². The maximum Gasteiger partial charge on any atom is 0.341 e. The Kier molecular flexibility index (Phi) is 7.28. The van der Waals surface area contributed by atoms with Gasteiger partial charge < -0.3 is 14.6 Å². The Balaban J connectivity index is 1.77. The van der Waals surface area contributed by atoms with Crippen LogP contribution in [-0.4, -0.2) is 48.9 Å². The molecule has 3 rings (SSSR count). The molecule has 1 fully saturated rings. The van der Waals surface area contributed by atoms with E-state index in [0.29, 0.717) is 35.5 Å². The van der Waals surface area contributed by atoms with Gasteiger partial charge in [-0.3, -0.25) is 4.79 Å². The van der Waals surface area contributed by atoms with Gasteiger partial charge in [0.2, 0.25) is 15.9 Å². The van der Waals surface area contributed by atoms with E-state index in [9.17, 15) is 22.4 Å². The first-order valence-corrected chi connectivity index (χ1v) is 12.3. The summed E-state index contributed by atoms with van der Waals surface area (Å²) >= 11 is 0. The standard InChI is InChI=1S/C23H30FN3O5S/c1-6-32-23(29)20-15(3)26(5)16(4)21(20)33(30,31)27-11-9-17(10-12-27)22(28)25-19-8-7-18(24)13-14(19)2/h7-8,13,17H,6,9-12H2,1-5H3,(H,25,28). The van der Waals surface area contributed by atoms with E-state index in [1.54, 1.807) is 39.3 Å². The topological polar surface area (TPSA) is 97.7 Å². The van der Waals surface area contributed by atoms with E-state index < -0.39 is 16.0 Å². The summed E-state index contributed by atoms with van der Waals surface area (Å²) in [5.41, 5.74) is 2.19. The summed E-state index contributed by atoms with van der Waals surface area (Å²) in [6.45, 7) is 7.16. The molecule has 0 unspecified atom stereocenters. The predicted molar refractivity (Wildman–Crippen MR) is 122 cm³/mol. The molecule has 0 spiro atoms. The van der Waals surface area contributed by atoms with Gasteiger partial charge in [-0.1, -0.05) is 0 Å². The fraction of sp³-hybridized carbons (Fsp3) is 0.478. The molecule has 1 aromatic carbocycles. The molecule has 8 nitrogen and oxygen atoms in total. The highest BCUT2D eigenvalue weighted by Gasteiger charge is 2.38. The molecule has 1 aromatic heterocycles. The Morgan fingerprint density at radius 2 is 1.79 bits per heavy atom. The number of esters is 1. The van der Waals surface area contributed by atoms with Crippen LogP contribution in [0.25, 0.3) is 0 Å². The van der Waals surface area contributed by atoms with Gasteiger partial charge in [0.05, 0.1) is 6.61 Å². The number of hydrogen-bond acceptors (Lipinski definition) is 5. The van der Waals surface area contributed by atoms with Crippen LogP contribution in [-0.2, 0) is 26.6 Å². The number of piperidine rings is 1. The third-order valence-electron chi connectivity index (χ3n) is 6.27. The van der Waals surface area contributed by atoms with E-state index in [4.69, 9.17) is 4.74 Å². The van der Waals surface area contributed by atoms with Crippen molar-refractivity contribution < 1.29 is 27.1 Å². The number of carbonyl (C=O) groups excluding carboxylic acids is 2. The van der Waals surface area contributed by atoms with E-state index in [0.717, 1.165) is 0 Å². The Morgan fingerprint density at radius 3 is 2.36 bits per heavy atom. The Hall–Kier alpha value is -2.72. The van der Waals surface area contributed by atoms with Crippen LogP contribution in [0.3, 0.4) is 0 Å². The number of halogens is 1. The number of anilines is 1.